The maximum Gasteiger partial charge on any atom is 0.0641 e. The fraction of sp³-hybridized carbons (Fsp3) is 0.846. The monoisotopic (exact) mass is 192 g/mol. The summed E-state index contributed by atoms with van der Waals surface area (Å²) in [5, 5.41) is 0. The van der Waals surface area contributed by atoms with Crippen LogP contribution in [0.2, 0.25) is 0 Å². The summed E-state index contributed by atoms with van der Waals surface area (Å²) in [5.41, 5.74) is 0. The van der Waals surface area contributed by atoms with E-state index >= 15 is 0 Å². The molecule has 2 aliphatic heterocycles. The lowest BCUT2D eigenvalue weighted by Crippen LogP contribution is -2.30. The van der Waals surface area contributed by atoms with Crippen molar-refractivity contribution in [3.05, 3.63) is 12.7 Å². The first-order chi connectivity index (χ1) is 6.85. The van der Waals surface area contributed by atoms with Gasteiger partial charge in [-0.3, -0.25) is 0 Å². The molecule has 0 amide bonds. The van der Waals surface area contributed by atoms with E-state index in [0.29, 0.717) is 12.2 Å². The van der Waals surface area contributed by atoms with E-state index in [9.17, 15) is 0 Å². The van der Waals surface area contributed by atoms with Crippen molar-refractivity contribution in [3.8, 4) is 0 Å². The highest BCUT2D eigenvalue weighted by Crippen LogP contribution is 2.49. The molecule has 3 unspecified atom stereocenters. The van der Waals surface area contributed by atoms with E-state index in [1.807, 2.05) is 6.08 Å². The van der Waals surface area contributed by atoms with Gasteiger partial charge in [-0.15, -0.1) is 6.58 Å². The Hall–Kier alpha value is -0.300. The predicted octanol–water partition coefficient (Wildman–Crippen LogP) is 3.16. The Bertz CT molecular complexity index is 221. The molecule has 2 aliphatic carbocycles. The van der Waals surface area contributed by atoms with Crippen LogP contribution in [0.15, 0.2) is 12.7 Å². The number of hydrogen-bond acceptors (Lipinski definition) is 1. The third-order valence-corrected chi connectivity index (χ3v) is 4.42. The Balaban J connectivity index is 1.82. The van der Waals surface area contributed by atoms with Crippen molar-refractivity contribution in [2.24, 2.45) is 17.8 Å². The molecule has 5 atom stereocenters. The molecule has 2 saturated carbocycles. The highest BCUT2D eigenvalue weighted by atomic mass is 16.5. The minimum absolute atomic E-state index is 0.507. The number of rotatable bonds is 2. The Labute approximate surface area is 86.5 Å². The van der Waals surface area contributed by atoms with Crippen molar-refractivity contribution in [1.29, 1.82) is 0 Å². The molecule has 4 fully saturated rings. The summed E-state index contributed by atoms with van der Waals surface area (Å²) in [6.45, 7) is 3.85. The standard InChI is InChI=1S/C13H20O/c1-2-3-13-11-5-9-4-10(6-11)8-12(7-9)14-13/h2,9-13H,1,3-8H2/t9-,10+,11?,12?,13?. The molecular formula is C13H20O. The molecule has 0 aromatic heterocycles. The first-order valence-corrected chi connectivity index (χ1v) is 6.11. The highest BCUT2D eigenvalue weighted by Gasteiger charge is 2.43. The maximum absolute atomic E-state index is 6.21. The van der Waals surface area contributed by atoms with Gasteiger partial charge >= 0.3 is 0 Å². The van der Waals surface area contributed by atoms with E-state index in [1.54, 1.807) is 0 Å². The average Bonchev–Trinajstić information content (AvgIpc) is 2.32. The molecule has 1 heteroatoms. The molecule has 78 valence electrons. The van der Waals surface area contributed by atoms with Crippen molar-refractivity contribution in [3.63, 3.8) is 0 Å². The quantitative estimate of drug-likeness (QED) is 0.611. The molecule has 4 bridgehead atoms. The zero-order valence-corrected chi connectivity index (χ0v) is 8.82. The largest absolute Gasteiger partial charge is 0.374 e. The van der Waals surface area contributed by atoms with Crippen LogP contribution in [0.1, 0.15) is 38.5 Å². The van der Waals surface area contributed by atoms with Gasteiger partial charge in [0.1, 0.15) is 0 Å². The molecule has 0 N–H and O–H groups in total. The van der Waals surface area contributed by atoms with Crippen LogP contribution < -0.4 is 0 Å². The second-order valence-corrected chi connectivity index (χ2v) is 5.49. The van der Waals surface area contributed by atoms with E-state index in [4.69, 9.17) is 4.74 Å². The molecule has 0 aromatic carbocycles. The van der Waals surface area contributed by atoms with Crippen LogP contribution in [-0.4, -0.2) is 12.2 Å². The van der Waals surface area contributed by atoms with Gasteiger partial charge in [0.15, 0.2) is 0 Å². The van der Waals surface area contributed by atoms with Gasteiger partial charge in [-0.05, 0) is 56.3 Å². The Morgan fingerprint density at radius 1 is 1.07 bits per heavy atom. The number of hydrogen-bond donors (Lipinski definition) is 0. The molecule has 14 heavy (non-hydrogen) atoms. The topological polar surface area (TPSA) is 9.23 Å². The lowest BCUT2D eigenvalue weighted by Gasteiger charge is -2.37. The van der Waals surface area contributed by atoms with Gasteiger partial charge in [-0.1, -0.05) is 6.08 Å². The van der Waals surface area contributed by atoms with E-state index in [0.717, 1.165) is 24.2 Å². The van der Waals surface area contributed by atoms with Gasteiger partial charge < -0.3 is 4.74 Å². The zero-order valence-electron chi connectivity index (χ0n) is 8.82. The maximum atomic E-state index is 6.21. The summed E-state index contributed by atoms with van der Waals surface area (Å²) in [4.78, 5) is 0. The van der Waals surface area contributed by atoms with Gasteiger partial charge in [0.2, 0.25) is 0 Å². The third-order valence-electron chi connectivity index (χ3n) is 4.42. The SMILES string of the molecule is C=CCC1OC2C[C@@H]3CC1C[C@H](C2)C3. The minimum Gasteiger partial charge on any atom is -0.374 e. The lowest BCUT2D eigenvalue weighted by molar-refractivity contribution is -0.0245. The van der Waals surface area contributed by atoms with Gasteiger partial charge in [0.05, 0.1) is 12.2 Å². The van der Waals surface area contributed by atoms with Crippen LogP contribution in [0.25, 0.3) is 0 Å². The van der Waals surface area contributed by atoms with Crippen molar-refractivity contribution >= 4 is 0 Å². The second-order valence-electron chi connectivity index (χ2n) is 5.49. The van der Waals surface area contributed by atoms with Crippen LogP contribution in [0, 0.1) is 17.8 Å². The average molecular weight is 192 g/mol. The molecule has 4 aliphatic rings. The molecule has 0 spiro atoms. The minimum atomic E-state index is 0.507. The second kappa shape index (κ2) is 3.37. The summed E-state index contributed by atoms with van der Waals surface area (Å²) < 4.78 is 6.21. The van der Waals surface area contributed by atoms with E-state index in [-0.39, 0.29) is 0 Å². The Morgan fingerprint density at radius 2 is 1.79 bits per heavy atom. The molecule has 2 saturated heterocycles. The summed E-state index contributed by atoms with van der Waals surface area (Å²) in [6.07, 6.45) is 11.3. The zero-order chi connectivity index (χ0) is 9.54. The third kappa shape index (κ3) is 1.42. The van der Waals surface area contributed by atoms with Crippen LogP contribution in [0.3, 0.4) is 0 Å². The molecule has 0 aromatic rings. The van der Waals surface area contributed by atoms with Gasteiger partial charge in [0, 0.05) is 0 Å². The summed E-state index contributed by atoms with van der Waals surface area (Å²) in [5.74, 6) is 2.84. The van der Waals surface area contributed by atoms with Gasteiger partial charge in [-0.2, -0.15) is 0 Å². The molecule has 2 heterocycles. The van der Waals surface area contributed by atoms with E-state index in [1.165, 1.54) is 32.1 Å². The van der Waals surface area contributed by atoms with Crippen LogP contribution in [0.5, 0.6) is 0 Å². The first kappa shape index (κ1) is 8.96. The Kier molecular flexibility index (Phi) is 2.16. The summed E-state index contributed by atoms with van der Waals surface area (Å²) in [6, 6.07) is 0. The lowest BCUT2D eigenvalue weighted by atomic mass is 9.67. The van der Waals surface area contributed by atoms with E-state index in [2.05, 4.69) is 6.58 Å². The highest BCUT2D eigenvalue weighted by molar-refractivity contribution is 4.95. The van der Waals surface area contributed by atoms with Crippen molar-refractivity contribution in [2.45, 2.75) is 50.7 Å². The Morgan fingerprint density at radius 3 is 2.43 bits per heavy atom. The smallest absolute Gasteiger partial charge is 0.0641 e. The van der Waals surface area contributed by atoms with E-state index < -0.39 is 0 Å². The fourth-order valence-electron chi connectivity index (χ4n) is 4.03. The molecule has 1 nitrogen and oxygen atoms in total. The molecule has 0 radical (unpaired) electrons. The van der Waals surface area contributed by atoms with Crippen LogP contribution >= 0.6 is 0 Å². The summed E-state index contributed by atoms with van der Waals surface area (Å²) in [7, 11) is 0. The van der Waals surface area contributed by atoms with Crippen molar-refractivity contribution < 1.29 is 4.74 Å². The van der Waals surface area contributed by atoms with Crippen LogP contribution in [0.4, 0.5) is 0 Å². The summed E-state index contributed by atoms with van der Waals surface area (Å²) >= 11 is 0. The van der Waals surface area contributed by atoms with Gasteiger partial charge in [-0.25, -0.2) is 0 Å². The van der Waals surface area contributed by atoms with Crippen molar-refractivity contribution in [1.82, 2.24) is 0 Å². The molecular weight excluding hydrogens is 172 g/mol. The van der Waals surface area contributed by atoms with Gasteiger partial charge in [0.25, 0.3) is 0 Å². The number of ether oxygens (including phenoxy) is 1. The first-order valence-electron chi connectivity index (χ1n) is 6.11. The fourth-order valence-corrected chi connectivity index (χ4v) is 4.03. The van der Waals surface area contributed by atoms with Crippen LogP contribution in [-0.2, 0) is 4.74 Å². The normalized spacial score (nSPS) is 50.4. The predicted molar refractivity (Wildman–Crippen MR) is 57.0 cm³/mol. The number of fused-ring (bicyclic) bond motifs is 1. The molecule has 4 rings (SSSR count). The van der Waals surface area contributed by atoms with Crippen molar-refractivity contribution in [2.75, 3.05) is 0 Å².